The standard InChI is InChI=1S/C22H28N4O.ClH/c23-15-18(12-16-6-2-1-3-7-16)21-8-4-5-11-26(21)22(27)17-13-19-20(14-17)25-10-9-24-19;/h1-3,6-7,9-10,17-18,21H,4-5,8,11-15,23H2;1H. The van der Waals surface area contributed by atoms with E-state index in [0.29, 0.717) is 12.5 Å². The van der Waals surface area contributed by atoms with Crippen LogP contribution in [-0.2, 0) is 24.1 Å². The van der Waals surface area contributed by atoms with Crippen LogP contribution in [0, 0.1) is 11.8 Å². The molecule has 2 atom stereocenters. The highest BCUT2D eigenvalue weighted by atomic mass is 35.5. The average Bonchev–Trinajstić information content (AvgIpc) is 3.16. The van der Waals surface area contributed by atoms with E-state index in [1.807, 2.05) is 6.07 Å². The van der Waals surface area contributed by atoms with Crippen LogP contribution in [0.15, 0.2) is 42.7 Å². The van der Waals surface area contributed by atoms with Crippen LogP contribution < -0.4 is 5.73 Å². The number of halogens is 1. The molecule has 28 heavy (non-hydrogen) atoms. The Morgan fingerprint density at radius 1 is 1.11 bits per heavy atom. The summed E-state index contributed by atoms with van der Waals surface area (Å²) in [5.74, 6) is 0.556. The molecular formula is C22H29ClN4O. The number of likely N-dealkylation sites (tertiary alicyclic amines) is 1. The number of piperidine rings is 1. The van der Waals surface area contributed by atoms with Crippen molar-refractivity contribution in [2.75, 3.05) is 13.1 Å². The highest BCUT2D eigenvalue weighted by Gasteiger charge is 2.38. The van der Waals surface area contributed by atoms with Crippen LogP contribution >= 0.6 is 12.4 Å². The number of hydrogen-bond acceptors (Lipinski definition) is 4. The van der Waals surface area contributed by atoms with Gasteiger partial charge >= 0.3 is 0 Å². The van der Waals surface area contributed by atoms with Crippen molar-refractivity contribution < 1.29 is 4.79 Å². The average molecular weight is 401 g/mol. The molecule has 1 saturated heterocycles. The summed E-state index contributed by atoms with van der Waals surface area (Å²) in [4.78, 5) is 24.3. The van der Waals surface area contributed by atoms with Crippen LogP contribution in [0.25, 0.3) is 0 Å². The summed E-state index contributed by atoms with van der Waals surface area (Å²) in [6, 6.07) is 10.7. The number of rotatable bonds is 5. The normalized spacial score (nSPS) is 20.3. The van der Waals surface area contributed by atoms with Gasteiger partial charge in [-0.15, -0.1) is 12.4 Å². The van der Waals surface area contributed by atoms with Crippen LogP contribution in [0.3, 0.4) is 0 Å². The molecule has 0 saturated carbocycles. The minimum absolute atomic E-state index is 0. The largest absolute Gasteiger partial charge is 0.339 e. The van der Waals surface area contributed by atoms with Crippen LogP contribution in [-0.4, -0.2) is 39.9 Å². The van der Waals surface area contributed by atoms with E-state index in [4.69, 9.17) is 5.73 Å². The molecule has 4 rings (SSSR count). The number of nitrogens with zero attached hydrogens (tertiary/aromatic N) is 3. The number of carbonyl (C=O) groups is 1. The van der Waals surface area contributed by atoms with Crippen molar-refractivity contribution in [1.82, 2.24) is 14.9 Å². The van der Waals surface area contributed by atoms with E-state index in [0.717, 1.165) is 50.0 Å². The van der Waals surface area contributed by atoms with Gasteiger partial charge in [-0.1, -0.05) is 30.3 Å². The Morgan fingerprint density at radius 3 is 2.43 bits per heavy atom. The molecule has 150 valence electrons. The second-order valence-corrected chi connectivity index (χ2v) is 7.84. The third-order valence-electron chi connectivity index (χ3n) is 6.11. The Labute approximate surface area is 173 Å². The Morgan fingerprint density at radius 2 is 1.79 bits per heavy atom. The third-order valence-corrected chi connectivity index (χ3v) is 6.11. The van der Waals surface area contributed by atoms with E-state index < -0.39 is 0 Å². The van der Waals surface area contributed by atoms with Gasteiger partial charge in [0.2, 0.25) is 5.91 Å². The number of nitrogens with two attached hydrogens (primary N) is 1. The van der Waals surface area contributed by atoms with E-state index in [1.165, 1.54) is 12.0 Å². The summed E-state index contributed by atoms with van der Waals surface area (Å²) in [6.07, 6.45) is 9.12. The van der Waals surface area contributed by atoms with Crippen molar-refractivity contribution in [1.29, 1.82) is 0 Å². The maximum absolute atomic E-state index is 13.4. The Hall–Kier alpha value is -1.98. The van der Waals surface area contributed by atoms with Crippen molar-refractivity contribution >= 4 is 18.3 Å². The van der Waals surface area contributed by atoms with E-state index in [1.54, 1.807) is 12.4 Å². The van der Waals surface area contributed by atoms with Crippen LogP contribution in [0.4, 0.5) is 0 Å². The van der Waals surface area contributed by atoms with E-state index in [2.05, 4.69) is 39.1 Å². The van der Waals surface area contributed by atoms with Gasteiger partial charge < -0.3 is 10.6 Å². The molecule has 2 aliphatic rings. The van der Waals surface area contributed by atoms with Gasteiger partial charge in [-0.2, -0.15) is 0 Å². The SMILES string of the molecule is Cl.NCC(Cc1ccccc1)C1CCCCN1C(=O)C1Cc2nccnc2C1. The smallest absolute Gasteiger partial charge is 0.226 e. The lowest BCUT2D eigenvalue weighted by Gasteiger charge is -2.41. The summed E-state index contributed by atoms with van der Waals surface area (Å²) in [7, 11) is 0. The predicted octanol–water partition coefficient (Wildman–Crippen LogP) is 2.81. The van der Waals surface area contributed by atoms with Gasteiger partial charge in [0, 0.05) is 43.7 Å². The number of hydrogen-bond donors (Lipinski definition) is 1. The molecule has 1 fully saturated rings. The number of aromatic nitrogens is 2. The van der Waals surface area contributed by atoms with Crippen molar-refractivity contribution in [3.8, 4) is 0 Å². The quantitative estimate of drug-likeness (QED) is 0.837. The first kappa shape index (κ1) is 20.7. The maximum atomic E-state index is 13.4. The molecule has 2 N–H and O–H groups in total. The topological polar surface area (TPSA) is 72.1 Å². The fourth-order valence-electron chi connectivity index (χ4n) is 4.70. The van der Waals surface area contributed by atoms with Gasteiger partial charge in [-0.05, 0) is 43.7 Å². The molecule has 1 aliphatic carbocycles. The minimum Gasteiger partial charge on any atom is -0.339 e. The van der Waals surface area contributed by atoms with Crippen molar-refractivity contribution in [2.24, 2.45) is 17.6 Å². The molecule has 2 aromatic rings. The highest BCUT2D eigenvalue weighted by molar-refractivity contribution is 5.85. The summed E-state index contributed by atoms with van der Waals surface area (Å²) < 4.78 is 0. The van der Waals surface area contributed by atoms with Crippen molar-refractivity contribution in [2.45, 2.75) is 44.6 Å². The summed E-state index contributed by atoms with van der Waals surface area (Å²) in [6.45, 7) is 1.46. The lowest BCUT2D eigenvalue weighted by atomic mass is 9.85. The number of benzene rings is 1. The second kappa shape index (κ2) is 9.48. The number of carbonyl (C=O) groups excluding carboxylic acids is 1. The molecule has 1 aliphatic heterocycles. The molecule has 5 nitrogen and oxygen atoms in total. The molecule has 1 aromatic carbocycles. The zero-order valence-electron chi connectivity index (χ0n) is 16.2. The third kappa shape index (κ3) is 4.36. The molecule has 2 heterocycles. The molecule has 2 unspecified atom stereocenters. The molecule has 0 spiro atoms. The van der Waals surface area contributed by atoms with E-state index in [-0.39, 0.29) is 30.3 Å². The van der Waals surface area contributed by atoms with Gasteiger partial charge in [0.05, 0.1) is 11.4 Å². The molecule has 0 bridgehead atoms. The Balaban J connectivity index is 0.00000225. The van der Waals surface area contributed by atoms with E-state index >= 15 is 0 Å². The van der Waals surface area contributed by atoms with Crippen molar-refractivity contribution in [3.05, 3.63) is 59.7 Å². The van der Waals surface area contributed by atoms with Gasteiger partial charge in [0.15, 0.2) is 0 Å². The van der Waals surface area contributed by atoms with Gasteiger partial charge in [-0.3, -0.25) is 14.8 Å². The van der Waals surface area contributed by atoms with Gasteiger partial charge in [-0.25, -0.2) is 0 Å². The zero-order chi connectivity index (χ0) is 18.6. The minimum atomic E-state index is -0.0156. The van der Waals surface area contributed by atoms with Crippen LogP contribution in [0.5, 0.6) is 0 Å². The second-order valence-electron chi connectivity index (χ2n) is 7.84. The first-order valence-electron chi connectivity index (χ1n) is 10.1. The van der Waals surface area contributed by atoms with Crippen molar-refractivity contribution in [3.63, 3.8) is 0 Å². The Kier molecular flexibility index (Phi) is 7.03. The molecular weight excluding hydrogens is 372 g/mol. The zero-order valence-corrected chi connectivity index (χ0v) is 17.0. The van der Waals surface area contributed by atoms with Gasteiger partial charge in [0.25, 0.3) is 0 Å². The van der Waals surface area contributed by atoms with Crippen LogP contribution in [0.1, 0.15) is 36.2 Å². The molecule has 1 amide bonds. The molecule has 6 heteroatoms. The summed E-state index contributed by atoms with van der Waals surface area (Å²) in [5.41, 5.74) is 9.46. The molecule has 0 radical (unpaired) electrons. The van der Waals surface area contributed by atoms with Crippen LogP contribution in [0.2, 0.25) is 0 Å². The van der Waals surface area contributed by atoms with E-state index in [9.17, 15) is 4.79 Å². The lowest BCUT2D eigenvalue weighted by Crippen LogP contribution is -2.51. The first-order chi connectivity index (χ1) is 13.3. The highest BCUT2D eigenvalue weighted by Crippen LogP contribution is 2.31. The summed E-state index contributed by atoms with van der Waals surface area (Å²) >= 11 is 0. The first-order valence-corrected chi connectivity index (χ1v) is 10.1. The monoisotopic (exact) mass is 400 g/mol. The maximum Gasteiger partial charge on any atom is 0.226 e. The van der Waals surface area contributed by atoms with Gasteiger partial charge in [0.1, 0.15) is 0 Å². The number of fused-ring (bicyclic) bond motifs is 1. The number of amides is 1. The summed E-state index contributed by atoms with van der Waals surface area (Å²) in [5, 5.41) is 0. The lowest BCUT2D eigenvalue weighted by molar-refractivity contribution is -0.140. The predicted molar refractivity (Wildman–Crippen MR) is 112 cm³/mol. The fraction of sp³-hybridized carbons (Fsp3) is 0.500. The fourth-order valence-corrected chi connectivity index (χ4v) is 4.70. The Bertz CT molecular complexity index is 760. The molecule has 1 aromatic heterocycles.